The third-order valence-electron chi connectivity index (χ3n) is 4.31. The first kappa shape index (κ1) is 31.5. The van der Waals surface area contributed by atoms with Crippen molar-refractivity contribution in [2.45, 2.75) is 20.3 Å². The molecule has 0 fully saturated rings. The van der Waals surface area contributed by atoms with Gasteiger partial charge in [-0.25, -0.2) is 0 Å². The zero-order valence-corrected chi connectivity index (χ0v) is 21.6. The number of nitrogens with zero attached hydrogens (tertiary/aromatic N) is 1. The monoisotopic (exact) mass is 497 g/mol. The Morgan fingerprint density at radius 2 is 1.71 bits per heavy atom. The van der Waals surface area contributed by atoms with E-state index in [1.54, 1.807) is 19.4 Å². The number of hydrogen-bond donors (Lipinski definition) is 3. The van der Waals surface area contributed by atoms with Crippen LogP contribution in [0.4, 0.5) is 5.69 Å². The van der Waals surface area contributed by atoms with E-state index < -0.39 is 5.97 Å². The van der Waals surface area contributed by atoms with Gasteiger partial charge in [-0.1, -0.05) is 49.4 Å². The van der Waals surface area contributed by atoms with Crippen molar-refractivity contribution in [1.29, 1.82) is 0 Å². The molecule has 0 radical (unpaired) electrons. The number of hydrogen-bond acceptors (Lipinski definition) is 6. The summed E-state index contributed by atoms with van der Waals surface area (Å²) in [5.41, 5.74) is 5.17. The molecule has 8 heteroatoms. The van der Waals surface area contributed by atoms with Crippen LogP contribution in [0.2, 0.25) is 0 Å². The van der Waals surface area contributed by atoms with Gasteiger partial charge in [-0.15, -0.1) is 0 Å². The van der Waals surface area contributed by atoms with Crippen molar-refractivity contribution in [2.75, 3.05) is 30.9 Å². The number of carbonyl (C=O) groups excluding carboxylic acids is 2. The summed E-state index contributed by atoms with van der Waals surface area (Å²) >= 11 is 1.86. The van der Waals surface area contributed by atoms with Crippen LogP contribution in [-0.2, 0) is 20.8 Å². The Hall–Kier alpha value is -3.49. The number of aliphatic carboxylic acids is 1. The molecule has 3 rings (SSSR count). The minimum atomic E-state index is -0.822. The normalized spacial score (nSPS) is 9.14. The number of aryl methyl sites for hydroxylation is 1. The highest BCUT2D eigenvalue weighted by Crippen LogP contribution is 2.26. The van der Waals surface area contributed by atoms with Crippen molar-refractivity contribution in [2.24, 2.45) is 0 Å². The van der Waals surface area contributed by atoms with Crippen LogP contribution in [0, 0.1) is 6.92 Å². The molecule has 1 aromatic heterocycles. The van der Waals surface area contributed by atoms with Gasteiger partial charge in [0.05, 0.1) is 13.0 Å². The van der Waals surface area contributed by atoms with Gasteiger partial charge in [0.15, 0.2) is 0 Å². The Morgan fingerprint density at radius 3 is 2.20 bits per heavy atom. The number of pyridine rings is 1. The standard InChI is InChI=1S/C20H18N2O.C3H7NO2.C3H8S.CH2O/c1-15-9-10-18(13-19(15)17-7-3-2-4-8-17)22-20(23)12-16-6-5-11-21-14-16;1-4-2-3(5)6;1-3-4-2;1-2/h2-11,13-14H,12H2,1H3,(H,22,23);4H,2H2,1H3,(H,5,6);3H2,1-2H3;1H2. The lowest BCUT2D eigenvalue weighted by molar-refractivity contribution is -0.135. The summed E-state index contributed by atoms with van der Waals surface area (Å²) in [5, 5.41) is 13.3. The predicted molar refractivity (Wildman–Crippen MR) is 146 cm³/mol. The van der Waals surface area contributed by atoms with E-state index in [2.05, 4.69) is 47.9 Å². The molecule has 188 valence electrons. The van der Waals surface area contributed by atoms with Gasteiger partial charge in [0, 0.05) is 18.1 Å². The summed E-state index contributed by atoms with van der Waals surface area (Å²) in [4.78, 5) is 33.7. The van der Waals surface area contributed by atoms with Gasteiger partial charge < -0.3 is 20.5 Å². The number of anilines is 1. The quantitative estimate of drug-likeness (QED) is 0.434. The molecule has 0 aliphatic carbocycles. The largest absolute Gasteiger partial charge is 0.480 e. The van der Waals surface area contributed by atoms with E-state index in [1.807, 2.05) is 67.1 Å². The molecule has 0 saturated carbocycles. The first-order valence-corrected chi connectivity index (χ1v) is 12.3. The number of rotatable bonds is 7. The molecule has 3 aromatic rings. The number of nitrogens with one attached hydrogen (secondary N) is 2. The third kappa shape index (κ3) is 14.4. The van der Waals surface area contributed by atoms with Gasteiger partial charge in [0.1, 0.15) is 6.79 Å². The number of carboxylic acids is 1. The Kier molecular flexibility index (Phi) is 17.9. The lowest BCUT2D eigenvalue weighted by Gasteiger charge is -2.10. The van der Waals surface area contributed by atoms with Crippen LogP contribution in [0.5, 0.6) is 0 Å². The molecule has 0 unspecified atom stereocenters. The SMILES string of the molecule is C=O.CCSC.CNCC(=O)O.Cc1ccc(NC(=O)Cc2cccnc2)cc1-c1ccccc1. The average molecular weight is 498 g/mol. The maximum atomic E-state index is 12.2. The molecule has 0 spiro atoms. The molecule has 0 atom stereocenters. The molecule has 7 nitrogen and oxygen atoms in total. The first-order valence-electron chi connectivity index (χ1n) is 10.9. The van der Waals surface area contributed by atoms with Crippen molar-refractivity contribution < 1.29 is 19.5 Å². The van der Waals surface area contributed by atoms with E-state index >= 15 is 0 Å². The van der Waals surface area contributed by atoms with Crippen LogP contribution in [0.15, 0.2) is 73.1 Å². The van der Waals surface area contributed by atoms with Gasteiger partial charge in [0.2, 0.25) is 5.91 Å². The summed E-state index contributed by atoms with van der Waals surface area (Å²) < 4.78 is 0. The molecule has 35 heavy (non-hydrogen) atoms. The highest BCUT2D eigenvalue weighted by atomic mass is 32.2. The highest BCUT2D eigenvalue weighted by Gasteiger charge is 2.07. The van der Waals surface area contributed by atoms with Crippen molar-refractivity contribution in [1.82, 2.24) is 10.3 Å². The maximum Gasteiger partial charge on any atom is 0.317 e. The Balaban J connectivity index is 0.000000810. The van der Waals surface area contributed by atoms with Crippen LogP contribution in [0.1, 0.15) is 18.1 Å². The van der Waals surface area contributed by atoms with Crippen molar-refractivity contribution in [3.63, 3.8) is 0 Å². The minimum Gasteiger partial charge on any atom is -0.480 e. The van der Waals surface area contributed by atoms with E-state index in [-0.39, 0.29) is 12.5 Å². The van der Waals surface area contributed by atoms with Crippen LogP contribution in [-0.4, -0.2) is 54.4 Å². The molecule has 1 amide bonds. The zero-order valence-electron chi connectivity index (χ0n) is 20.8. The zero-order chi connectivity index (χ0) is 26.5. The molecule has 0 bridgehead atoms. The number of thioether (sulfide) groups is 1. The predicted octanol–water partition coefficient (Wildman–Crippen LogP) is 4.71. The van der Waals surface area contributed by atoms with Gasteiger partial charge in [-0.05, 0) is 66.4 Å². The van der Waals surface area contributed by atoms with Crippen LogP contribution in [0.3, 0.4) is 0 Å². The van der Waals surface area contributed by atoms with E-state index in [1.165, 1.54) is 11.3 Å². The summed E-state index contributed by atoms with van der Waals surface area (Å²) in [6.07, 6.45) is 5.83. The van der Waals surface area contributed by atoms with E-state index in [9.17, 15) is 9.59 Å². The van der Waals surface area contributed by atoms with E-state index in [4.69, 9.17) is 9.90 Å². The number of likely N-dealkylation sites (N-methyl/N-ethyl adjacent to an activating group) is 1. The van der Waals surface area contributed by atoms with E-state index in [0.717, 1.165) is 22.4 Å². The van der Waals surface area contributed by atoms with Crippen LogP contribution >= 0.6 is 11.8 Å². The molecule has 0 saturated heterocycles. The summed E-state index contributed by atoms with van der Waals surface area (Å²) in [6.45, 7) is 6.26. The second-order valence-electron chi connectivity index (χ2n) is 6.98. The lowest BCUT2D eigenvalue weighted by atomic mass is 10.00. The fourth-order valence-electron chi connectivity index (χ4n) is 2.67. The van der Waals surface area contributed by atoms with Gasteiger partial charge >= 0.3 is 5.97 Å². The molecular weight excluding hydrogens is 462 g/mol. The van der Waals surface area contributed by atoms with Crippen LogP contribution < -0.4 is 10.6 Å². The molecule has 1 heterocycles. The van der Waals surface area contributed by atoms with Gasteiger partial charge in [-0.2, -0.15) is 11.8 Å². The second-order valence-corrected chi connectivity index (χ2v) is 8.14. The smallest absolute Gasteiger partial charge is 0.317 e. The Morgan fingerprint density at radius 1 is 1.06 bits per heavy atom. The molecule has 2 aromatic carbocycles. The third-order valence-corrected chi connectivity index (χ3v) is 4.89. The summed E-state index contributed by atoms with van der Waals surface area (Å²) in [5.74, 6) is 0.373. The van der Waals surface area contributed by atoms with E-state index in [0.29, 0.717) is 6.42 Å². The maximum absolute atomic E-state index is 12.2. The number of carbonyl (C=O) groups is 3. The number of amides is 1. The minimum absolute atomic E-state index is 0.0409. The summed E-state index contributed by atoms with van der Waals surface area (Å²) in [6, 6.07) is 19.9. The Labute approximate surface area is 212 Å². The topological polar surface area (TPSA) is 108 Å². The average Bonchev–Trinajstić information content (AvgIpc) is 2.88. The second kappa shape index (κ2) is 19.9. The first-order chi connectivity index (χ1) is 16.9. The fourth-order valence-corrected chi connectivity index (χ4v) is 2.67. The van der Waals surface area contributed by atoms with Gasteiger partial charge in [-0.3, -0.25) is 14.6 Å². The lowest BCUT2D eigenvalue weighted by Crippen LogP contribution is -2.16. The summed E-state index contributed by atoms with van der Waals surface area (Å²) in [7, 11) is 1.59. The van der Waals surface area contributed by atoms with Gasteiger partial charge in [0.25, 0.3) is 0 Å². The molecular formula is C27H35N3O4S. The number of carboxylic acid groups (broad SMARTS) is 1. The molecule has 0 aliphatic heterocycles. The van der Waals surface area contributed by atoms with Crippen molar-refractivity contribution in [3.05, 3.63) is 84.2 Å². The number of benzene rings is 2. The number of aromatic nitrogens is 1. The Bertz CT molecular complexity index is 984. The van der Waals surface area contributed by atoms with Crippen LogP contribution in [0.25, 0.3) is 11.1 Å². The highest BCUT2D eigenvalue weighted by molar-refractivity contribution is 7.98. The fraction of sp³-hybridized carbons (Fsp3) is 0.259. The molecule has 3 N–H and O–H groups in total. The van der Waals surface area contributed by atoms with Crippen molar-refractivity contribution in [3.8, 4) is 11.1 Å². The van der Waals surface area contributed by atoms with Crippen molar-refractivity contribution >= 4 is 36.1 Å². The molecule has 0 aliphatic rings.